The van der Waals surface area contributed by atoms with E-state index < -0.39 is 0 Å². The molecular weight excluding hydrogens is 278 g/mol. The van der Waals surface area contributed by atoms with Crippen LogP contribution in [0.5, 0.6) is 0 Å². The van der Waals surface area contributed by atoms with Crippen molar-refractivity contribution in [3.05, 3.63) is 47.0 Å². The highest BCUT2D eigenvalue weighted by Gasteiger charge is 2.13. The monoisotopic (exact) mass is 297 g/mol. The molecule has 0 aliphatic rings. The molecule has 0 radical (unpaired) electrons. The second kappa shape index (κ2) is 5.29. The third kappa shape index (κ3) is 2.47. The highest BCUT2D eigenvalue weighted by atomic mass is 16.2. The van der Waals surface area contributed by atoms with Crippen LogP contribution in [0.15, 0.2) is 24.5 Å². The van der Waals surface area contributed by atoms with Crippen LogP contribution in [0.25, 0.3) is 11.0 Å². The largest absolute Gasteiger partial charge is 0.343 e. The average Bonchev–Trinajstić information content (AvgIpc) is 3.07. The number of aromatic nitrogens is 4. The van der Waals surface area contributed by atoms with Crippen LogP contribution in [0.4, 0.5) is 0 Å². The van der Waals surface area contributed by atoms with E-state index in [1.165, 1.54) is 16.0 Å². The number of imidazole rings is 1. The van der Waals surface area contributed by atoms with Gasteiger partial charge in [0.2, 0.25) is 0 Å². The van der Waals surface area contributed by atoms with E-state index in [1.807, 2.05) is 6.33 Å². The number of aromatic amines is 1. The molecule has 3 rings (SSSR count). The molecule has 0 saturated heterocycles. The Bertz CT molecular complexity index is 843. The van der Waals surface area contributed by atoms with Crippen molar-refractivity contribution >= 4 is 16.9 Å². The Morgan fingerprint density at radius 1 is 1.23 bits per heavy atom. The van der Waals surface area contributed by atoms with Gasteiger partial charge in [-0.05, 0) is 43.2 Å². The zero-order valence-corrected chi connectivity index (χ0v) is 13.2. The smallest absolute Gasteiger partial charge is 0.273 e. The molecule has 0 aliphatic carbocycles. The first kappa shape index (κ1) is 14.3. The molecule has 6 nitrogen and oxygen atoms in total. The molecule has 0 atom stereocenters. The first-order valence-electron chi connectivity index (χ1n) is 7.13. The van der Waals surface area contributed by atoms with Gasteiger partial charge in [0.25, 0.3) is 5.91 Å². The number of aryl methyl sites for hydroxylation is 2. The number of benzene rings is 1. The zero-order valence-electron chi connectivity index (χ0n) is 13.2. The van der Waals surface area contributed by atoms with Crippen LogP contribution in [0.1, 0.15) is 27.3 Å². The molecule has 3 aromatic rings. The van der Waals surface area contributed by atoms with Crippen molar-refractivity contribution in [3.8, 4) is 0 Å². The fraction of sp³-hybridized carbons (Fsp3) is 0.312. The first-order chi connectivity index (χ1) is 10.5. The summed E-state index contributed by atoms with van der Waals surface area (Å²) >= 11 is 0. The molecular formula is C16H19N5O. The first-order valence-corrected chi connectivity index (χ1v) is 7.13. The zero-order chi connectivity index (χ0) is 15.9. The summed E-state index contributed by atoms with van der Waals surface area (Å²) in [6.45, 7) is 4.78. The topological polar surface area (TPSA) is 66.8 Å². The van der Waals surface area contributed by atoms with E-state index in [9.17, 15) is 4.79 Å². The van der Waals surface area contributed by atoms with Gasteiger partial charge >= 0.3 is 0 Å². The molecule has 0 aliphatic heterocycles. The highest BCUT2D eigenvalue weighted by molar-refractivity contribution is 5.92. The SMILES string of the molecule is Cc1cc2ncn(Cc3cc(C(=O)N(C)C)n[nH]3)c2cc1C. The number of nitrogens with one attached hydrogen (secondary N) is 1. The van der Waals surface area contributed by atoms with Gasteiger partial charge in [-0.1, -0.05) is 0 Å². The van der Waals surface area contributed by atoms with Crippen LogP contribution in [-0.4, -0.2) is 44.7 Å². The van der Waals surface area contributed by atoms with E-state index in [-0.39, 0.29) is 5.91 Å². The van der Waals surface area contributed by atoms with Crippen molar-refractivity contribution in [1.29, 1.82) is 0 Å². The second-order valence-electron chi connectivity index (χ2n) is 5.78. The molecule has 2 heterocycles. The maximum absolute atomic E-state index is 11.9. The van der Waals surface area contributed by atoms with E-state index in [1.54, 1.807) is 20.2 Å². The lowest BCUT2D eigenvalue weighted by atomic mass is 10.1. The molecule has 114 valence electrons. The number of H-pyrrole nitrogens is 1. The summed E-state index contributed by atoms with van der Waals surface area (Å²) in [5, 5.41) is 7.00. The lowest BCUT2D eigenvalue weighted by molar-refractivity contribution is 0.0822. The van der Waals surface area contributed by atoms with Gasteiger partial charge in [-0.3, -0.25) is 9.89 Å². The molecule has 22 heavy (non-hydrogen) atoms. The molecule has 0 fully saturated rings. The predicted octanol–water partition coefficient (Wildman–Crippen LogP) is 2.13. The van der Waals surface area contributed by atoms with Crippen LogP contribution in [0.2, 0.25) is 0 Å². The summed E-state index contributed by atoms with van der Waals surface area (Å²) in [4.78, 5) is 17.8. The van der Waals surface area contributed by atoms with Gasteiger partial charge in [-0.25, -0.2) is 4.98 Å². The third-order valence-corrected chi connectivity index (χ3v) is 3.83. The van der Waals surface area contributed by atoms with Crippen molar-refractivity contribution in [2.75, 3.05) is 14.1 Å². The Labute approximate surface area is 128 Å². The molecule has 0 bridgehead atoms. The normalized spacial score (nSPS) is 11.1. The minimum atomic E-state index is -0.107. The number of hydrogen-bond acceptors (Lipinski definition) is 3. The second-order valence-corrected chi connectivity index (χ2v) is 5.78. The van der Waals surface area contributed by atoms with Crippen molar-refractivity contribution in [1.82, 2.24) is 24.6 Å². The lowest BCUT2D eigenvalue weighted by Crippen LogP contribution is -2.21. The van der Waals surface area contributed by atoms with Gasteiger partial charge < -0.3 is 9.47 Å². The number of nitrogens with zero attached hydrogens (tertiary/aromatic N) is 4. The molecule has 1 N–H and O–H groups in total. The number of rotatable bonds is 3. The average molecular weight is 297 g/mol. The minimum absolute atomic E-state index is 0.107. The maximum Gasteiger partial charge on any atom is 0.273 e. The van der Waals surface area contributed by atoms with Crippen molar-refractivity contribution in [2.24, 2.45) is 0 Å². The highest BCUT2D eigenvalue weighted by Crippen LogP contribution is 2.19. The van der Waals surface area contributed by atoms with E-state index in [4.69, 9.17) is 0 Å². The van der Waals surface area contributed by atoms with Crippen LogP contribution < -0.4 is 0 Å². The number of carbonyl (C=O) groups excluding carboxylic acids is 1. The molecule has 2 aromatic heterocycles. The standard InChI is InChI=1S/C16H19N5O/c1-10-5-13-15(6-11(10)2)21(9-17-13)8-12-7-14(19-18-12)16(22)20(3)4/h5-7,9H,8H2,1-4H3,(H,18,19). The molecule has 0 unspecified atom stereocenters. The van der Waals surface area contributed by atoms with Crippen LogP contribution in [0.3, 0.4) is 0 Å². The fourth-order valence-electron chi connectivity index (χ4n) is 2.40. The van der Waals surface area contributed by atoms with E-state index >= 15 is 0 Å². The Morgan fingerprint density at radius 3 is 2.68 bits per heavy atom. The fourth-order valence-corrected chi connectivity index (χ4v) is 2.40. The van der Waals surface area contributed by atoms with Gasteiger partial charge in [-0.2, -0.15) is 5.10 Å². The van der Waals surface area contributed by atoms with E-state index in [2.05, 4.69) is 45.7 Å². The molecule has 1 amide bonds. The lowest BCUT2D eigenvalue weighted by Gasteiger charge is -2.06. The summed E-state index contributed by atoms with van der Waals surface area (Å²) in [7, 11) is 3.43. The summed E-state index contributed by atoms with van der Waals surface area (Å²) in [5.74, 6) is -0.107. The van der Waals surface area contributed by atoms with E-state index in [0.717, 1.165) is 16.7 Å². The maximum atomic E-state index is 11.9. The minimum Gasteiger partial charge on any atom is -0.343 e. The molecule has 6 heteroatoms. The Morgan fingerprint density at radius 2 is 1.95 bits per heavy atom. The van der Waals surface area contributed by atoms with Gasteiger partial charge in [0.05, 0.1) is 29.6 Å². The van der Waals surface area contributed by atoms with Crippen molar-refractivity contribution in [2.45, 2.75) is 20.4 Å². The summed E-state index contributed by atoms with van der Waals surface area (Å²) in [6.07, 6.45) is 1.82. The Kier molecular flexibility index (Phi) is 3.44. The quantitative estimate of drug-likeness (QED) is 0.805. The van der Waals surface area contributed by atoms with Crippen molar-refractivity contribution < 1.29 is 4.79 Å². The summed E-state index contributed by atoms with van der Waals surface area (Å²) in [6, 6.07) is 6.02. The third-order valence-electron chi connectivity index (χ3n) is 3.83. The predicted molar refractivity (Wildman–Crippen MR) is 84.9 cm³/mol. The van der Waals surface area contributed by atoms with Gasteiger partial charge in [0.15, 0.2) is 0 Å². The number of fused-ring (bicyclic) bond motifs is 1. The molecule has 0 spiro atoms. The Balaban J connectivity index is 1.91. The number of amides is 1. The summed E-state index contributed by atoms with van der Waals surface area (Å²) < 4.78 is 2.05. The summed E-state index contributed by atoms with van der Waals surface area (Å²) in [5.41, 5.74) is 5.84. The molecule has 1 aromatic carbocycles. The Hall–Kier alpha value is -2.63. The van der Waals surface area contributed by atoms with Gasteiger partial charge in [0.1, 0.15) is 5.69 Å². The molecule has 0 saturated carbocycles. The van der Waals surface area contributed by atoms with Crippen LogP contribution in [-0.2, 0) is 6.54 Å². The van der Waals surface area contributed by atoms with E-state index in [0.29, 0.717) is 12.2 Å². The van der Waals surface area contributed by atoms with Crippen LogP contribution in [0, 0.1) is 13.8 Å². The van der Waals surface area contributed by atoms with Gasteiger partial charge in [-0.15, -0.1) is 0 Å². The van der Waals surface area contributed by atoms with Crippen molar-refractivity contribution in [3.63, 3.8) is 0 Å². The number of hydrogen-bond donors (Lipinski definition) is 1. The van der Waals surface area contributed by atoms with Gasteiger partial charge in [0, 0.05) is 14.1 Å². The number of carbonyl (C=O) groups is 1. The van der Waals surface area contributed by atoms with Crippen LogP contribution >= 0.6 is 0 Å².